The first kappa shape index (κ1) is 25.4. The molecule has 1 saturated heterocycles. The summed E-state index contributed by atoms with van der Waals surface area (Å²) < 4.78 is 62.4. The summed E-state index contributed by atoms with van der Waals surface area (Å²) in [5.74, 6) is -3.80. The van der Waals surface area contributed by atoms with Gasteiger partial charge in [-0.15, -0.1) is 13.2 Å². The van der Waals surface area contributed by atoms with Crippen molar-refractivity contribution in [3.63, 3.8) is 0 Å². The van der Waals surface area contributed by atoms with Crippen molar-refractivity contribution in [3.05, 3.63) is 47.5 Å². The average molecular weight is 535 g/mol. The molecule has 2 fully saturated rings. The van der Waals surface area contributed by atoms with Crippen LogP contribution in [0.4, 0.5) is 17.6 Å². The molecule has 10 nitrogen and oxygen atoms in total. The second-order valence-corrected chi connectivity index (χ2v) is 9.15. The molecule has 0 unspecified atom stereocenters. The first-order valence-electron chi connectivity index (χ1n) is 11.5. The molecule has 38 heavy (non-hydrogen) atoms. The number of amides is 2. The Kier molecular flexibility index (Phi) is 6.19. The van der Waals surface area contributed by atoms with Crippen molar-refractivity contribution >= 4 is 28.5 Å². The summed E-state index contributed by atoms with van der Waals surface area (Å²) in [5.41, 5.74) is 5.44. The molecule has 1 aliphatic heterocycles. The first-order chi connectivity index (χ1) is 18.0. The van der Waals surface area contributed by atoms with Gasteiger partial charge in [0.05, 0.1) is 24.9 Å². The lowest BCUT2D eigenvalue weighted by atomic mass is 9.99. The van der Waals surface area contributed by atoms with Crippen molar-refractivity contribution in [2.24, 2.45) is 11.7 Å². The number of rotatable bonds is 8. The zero-order valence-electron chi connectivity index (χ0n) is 19.9. The third kappa shape index (κ3) is 4.73. The van der Waals surface area contributed by atoms with E-state index in [1.54, 1.807) is 0 Å². The van der Waals surface area contributed by atoms with E-state index in [4.69, 9.17) is 10.5 Å². The smallest absolute Gasteiger partial charge is 0.481 e. The molecule has 0 bridgehead atoms. The number of fused-ring (bicyclic) bond motifs is 2. The first-order valence-corrected chi connectivity index (χ1v) is 11.5. The normalized spacial score (nSPS) is 20.3. The van der Waals surface area contributed by atoms with Gasteiger partial charge in [-0.3, -0.25) is 19.1 Å². The lowest BCUT2D eigenvalue weighted by Crippen LogP contribution is -2.45. The van der Waals surface area contributed by atoms with E-state index >= 15 is 0 Å². The van der Waals surface area contributed by atoms with Gasteiger partial charge >= 0.3 is 6.36 Å². The molecule has 5 rings (SSSR count). The van der Waals surface area contributed by atoms with Gasteiger partial charge in [0, 0.05) is 23.9 Å². The zero-order valence-corrected chi connectivity index (χ0v) is 19.9. The number of halogens is 4. The monoisotopic (exact) mass is 535 g/mol. The van der Waals surface area contributed by atoms with Crippen LogP contribution in [-0.2, 0) is 22.6 Å². The molecule has 2 amide bonds. The molecular weight excluding hydrogens is 514 g/mol. The van der Waals surface area contributed by atoms with E-state index in [-0.39, 0.29) is 35.6 Å². The summed E-state index contributed by atoms with van der Waals surface area (Å²) in [5, 5.41) is 4.50. The molecule has 1 saturated carbocycles. The molecule has 2 aromatic heterocycles. The van der Waals surface area contributed by atoms with Crippen LogP contribution in [0.15, 0.2) is 30.5 Å². The van der Waals surface area contributed by atoms with Crippen LogP contribution in [0, 0.1) is 11.7 Å². The Morgan fingerprint density at radius 2 is 1.97 bits per heavy atom. The number of hydrogen-bond acceptors (Lipinski definition) is 7. The largest absolute Gasteiger partial charge is 0.573 e. The number of pyridine rings is 1. The number of hydrogen-bond donors (Lipinski definition) is 1. The second kappa shape index (κ2) is 9.26. The highest BCUT2D eigenvalue weighted by Gasteiger charge is 2.55. The number of primary amides is 1. The molecule has 2 aliphatic rings. The molecule has 14 heteroatoms. The fourth-order valence-electron chi connectivity index (χ4n) is 4.98. The van der Waals surface area contributed by atoms with Gasteiger partial charge in [-0.2, -0.15) is 5.10 Å². The molecule has 3 atom stereocenters. The van der Waals surface area contributed by atoms with Crippen LogP contribution < -0.4 is 15.2 Å². The minimum atomic E-state index is -5.09. The van der Waals surface area contributed by atoms with Gasteiger partial charge in [0.15, 0.2) is 23.0 Å². The minimum Gasteiger partial charge on any atom is -0.481 e. The number of ether oxygens (including phenoxy) is 2. The van der Waals surface area contributed by atoms with Crippen molar-refractivity contribution in [1.82, 2.24) is 19.7 Å². The Morgan fingerprint density at radius 1 is 1.21 bits per heavy atom. The Hall–Kier alpha value is -4.23. The molecule has 200 valence electrons. The molecule has 1 aliphatic carbocycles. The van der Waals surface area contributed by atoms with Crippen molar-refractivity contribution in [2.75, 3.05) is 7.11 Å². The number of benzene rings is 1. The van der Waals surface area contributed by atoms with Gasteiger partial charge in [-0.25, -0.2) is 9.37 Å². The van der Waals surface area contributed by atoms with Gasteiger partial charge in [0.25, 0.3) is 5.91 Å². The third-order valence-electron chi connectivity index (χ3n) is 6.74. The van der Waals surface area contributed by atoms with Crippen molar-refractivity contribution in [1.29, 1.82) is 0 Å². The van der Waals surface area contributed by atoms with Crippen molar-refractivity contribution in [3.8, 4) is 11.6 Å². The third-order valence-corrected chi connectivity index (χ3v) is 6.74. The predicted octanol–water partition coefficient (Wildman–Crippen LogP) is 2.38. The van der Waals surface area contributed by atoms with Gasteiger partial charge < -0.3 is 20.1 Å². The lowest BCUT2D eigenvalue weighted by molar-refractivity contribution is -0.275. The second-order valence-electron chi connectivity index (χ2n) is 9.15. The number of carbonyl (C=O) groups is 3. The summed E-state index contributed by atoms with van der Waals surface area (Å²) in [6.07, 6.45) is -3.17. The maximum absolute atomic E-state index is 14.6. The van der Waals surface area contributed by atoms with E-state index in [2.05, 4.69) is 14.8 Å². The predicted molar refractivity (Wildman–Crippen MR) is 122 cm³/mol. The number of methoxy groups -OCH3 is 1. The van der Waals surface area contributed by atoms with E-state index in [0.29, 0.717) is 23.7 Å². The Morgan fingerprint density at radius 3 is 2.66 bits per heavy atom. The maximum Gasteiger partial charge on any atom is 0.573 e. The zero-order chi connectivity index (χ0) is 27.4. The molecular formula is C24H21F4N5O5. The number of Topliss-reactive ketones (excluding diaryl/α,β-unsaturated/α-hetero) is 1. The fourth-order valence-corrected chi connectivity index (χ4v) is 4.98. The molecule has 0 radical (unpaired) electrons. The number of piperidine rings is 1. The summed E-state index contributed by atoms with van der Waals surface area (Å²) >= 11 is 0. The van der Waals surface area contributed by atoms with Gasteiger partial charge in [-0.1, -0.05) is 12.1 Å². The summed E-state index contributed by atoms with van der Waals surface area (Å²) in [6.45, 7) is -0.325. The van der Waals surface area contributed by atoms with E-state index < -0.39 is 48.0 Å². The van der Waals surface area contributed by atoms with E-state index in [9.17, 15) is 31.9 Å². The van der Waals surface area contributed by atoms with Crippen LogP contribution in [0.2, 0.25) is 0 Å². The SMILES string of the molecule is COc1cc2c(C(N)=O)nn(CC(=O)N3[C@@H]4C[C@@H]4C[C@H]3C(=O)Cc3cccc(OC(F)(F)F)c3F)c2cn1. The fraction of sp³-hybridized carbons (Fsp3) is 0.375. The summed E-state index contributed by atoms with van der Waals surface area (Å²) in [4.78, 5) is 43.9. The van der Waals surface area contributed by atoms with Crippen molar-refractivity contribution in [2.45, 2.75) is 44.3 Å². The number of nitrogens with two attached hydrogens (primary N) is 1. The standard InChI is InChI=1S/C24H21F4N5O5/c1-37-19-8-13-16(9-30-19)32(31-22(13)23(29)36)10-20(35)33-14-5-12(14)6-15(33)17(34)7-11-3-2-4-18(21(11)25)38-24(26,27)28/h2-4,8-9,12,14-15H,5-7,10H2,1H3,(H2,29,36)/t12-,14-,15+/m1/s1. The number of aromatic nitrogens is 3. The highest BCUT2D eigenvalue weighted by molar-refractivity contribution is 6.04. The quantitative estimate of drug-likeness (QED) is 0.439. The number of alkyl halides is 3. The van der Waals surface area contributed by atoms with Crippen LogP contribution in [0.5, 0.6) is 11.6 Å². The van der Waals surface area contributed by atoms with Crippen LogP contribution in [-0.4, -0.2) is 62.8 Å². The van der Waals surface area contributed by atoms with Crippen LogP contribution in [0.1, 0.15) is 28.9 Å². The Balaban J connectivity index is 1.37. The van der Waals surface area contributed by atoms with Gasteiger partial charge in [0.2, 0.25) is 11.8 Å². The average Bonchev–Trinajstić information content (AvgIpc) is 3.36. The van der Waals surface area contributed by atoms with E-state index in [0.717, 1.165) is 12.1 Å². The van der Waals surface area contributed by atoms with Crippen LogP contribution in [0.25, 0.3) is 10.9 Å². The van der Waals surface area contributed by atoms with Crippen LogP contribution >= 0.6 is 0 Å². The molecule has 0 spiro atoms. The molecule has 1 aromatic carbocycles. The highest BCUT2D eigenvalue weighted by Crippen LogP contribution is 2.48. The highest BCUT2D eigenvalue weighted by atomic mass is 19.4. The number of likely N-dealkylation sites (tertiary alicyclic amines) is 1. The van der Waals surface area contributed by atoms with E-state index in [1.807, 2.05) is 0 Å². The Labute approximate surface area is 212 Å². The topological polar surface area (TPSA) is 130 Å². The Bertz CT molecular complexity index is 1460. The summed E-state index contributed by atoms with van der Waals surface area (Å²) in [6, 6.07) is 3.57. The molecule has 3 heterocycles. The number of ketones is 1. The molecule has 2 N–H and O–H groups in total. The number of carbonyl (C=O) groups excluding carboxylic acids is 3. The van der Waals surface area contributed by atoms with Gasteiger partial charge in [0.1, 0.15) is 6.54 Å². The van der Waals surface area contributed by atoms with Crippen LogP contribution in [0.3, 0.4) is 0 Å². The minimum absolute atomic E-state index is 0.0803. The molecule has 3 aromatic rings. The van der Waals surface area contributed by atoms with E-state index in [1.165, 1.54) is 35.0 Å². The lowest BCUT2D eigenvalue weighted by Gasteiger charge is -2.27. The maximum atomic E-state index is 14.6. The van der Waals surface area contributed by atoms with Gasteiger partial charge in [-0.05, 0) is 30.4 Å². The number of nitrogens with zero attached hydrogens (tertiary/aromatic N) is 4. The summed E-state index contributed by atoms with van der Waals surface area (Å²) in [7, 11) is 1.40. The van der Waals surface area contributed by atoms with Crippen molar-refractivity contribution < 1.29 is 41.4 Å².